The van der Waals surface area contributed by atoms with E-state index in [0.717, 1.165) is 5.01 Å². The van der Waals surface area contributed by atoms with Gasteiger partial charge in [0.1, 0.15) is 12.1 Å². The molecule has 0 fully saturated rings. The Bertz CT molecular complexity index is 811. The first-order valence-electron chi connectivity index (χ1n) is 9.36. The molecule has 1 aromatic heterocycles. The van der Waals surface area contributed by atoms with Crippen molar-refractivity contribution in [2.75, 3.05) is 0 Å². The van der Waals surface area contributed by atoms with Gasteiger partial charge < -0.3 is 10.2 Å². The topological polar surface area (TPSA) is 99.5 Å². The smallest absolute Gasteiger partial charge is 0.321 e. The minimum absolute atomic E-state index is 0.145. The predicted octanol–water partition coefficient (Wildman–Crippen LogP) is 3.44. The molecule has 2 rings (SSSR count). The van der Waals surface area contributed by atoms with Gasteiger partial charge in [-0.2, -0.15) is 0 Å². The highest BCUT2D eigenvalue weighted by atomic mass is 32.1. The van der Waals surface area contributed by atoms with E-state index in [-0.39, 0.29) is 12.3 Å². The summed E-state index contributed by atoms with van der Waals surface area (Å²) in [4.78, 5) is 27.6. The molecule has 0 saturated heterocycles. The molecule has 0 aliphatic carbocycles. The SMILES string of the molecule is Cc1cc(C)cc(Cc2nc(CC(NC(CC(C)C)C(=O)O)C(=O)O)cs2)c1. The van der Waals surface area contributed by atoms with Crippen LogP contribution in [0.2, 0.25) is 0 Å². The number of carbonyl (C=O) groups is 2. The molecule has 0 aliphatic rings. The van der Waals surface area contributed by atoms with Crippen molar-refractivity contribution in [3.63, 3.8) is 0 Å². The molecule has 0 amide bonds. The molecule has 2 unspecified atom stereocenters. The van der Waals surface area contributed by atoms with Crippen LogP contribution in [-0.4, -0.2) is 39.2 Å². The zero-order valence-corrected chi connectivity index (χ0v) is 17.5. The minimum atomic E-state index is -1.07. The van der Waals surface area contributed by atoms with E-state index in [1.54, 1.807) is 0 Å². The minimum Gasteiger partial charge on any atom is -0.480 e. The number of nitrogens with one attached hydrogen (secondary N) is 1. The van der Waals surface area contributed by atoms with Crippen LogP contribution in [0.1, 0.15) is 47.7 Å². The lowest BCUT2D eigenvalue weighted by Crippen LogP contribution is -2.48. The Morgan fingerprint density at radius 2 is 1.68 bits per heavy atom. The van der Waals surface area contributed by atoms with Gasteiger partial charge in [0.15, 0.2) is 0 Å². The highest BCUT2D eigenvalue weighted by molar-refractivity contribution is 7.09. The van der Waals surface area contributed by atoms with E-state index in [9.17, 15) is 19.8 Å². The number of benzene rings is 1. The summed E-state index contributed by atoms with van der Waals surface area (Å²) in [7, 11) is 0. The van der Waals surface area contributed by atoms with Gasteiger partial charge in [-0.3, -0.25) is 14.9 Å². The molecule has 152 valence electrons. The number of carboxylic acids is 2. The van der Waals surface area contributed by atoms with Crippen molar-refractivity contribution in [2.45, 2.75) is 59.0 Å². The summed E-state index contributed by atoms with van der Waals surface area (Å²) in [6.07, 6.45) is 1.22. The van der Waals surface area contributed by atoms with Crippen molar-refractivity contribution < 1.29 is 19.8 Å². The lowest BCUT2D eigenvalue weighted by molar-refractivity contribution is -0.142. The van der Waals surface area contributed by atoms with Crippen molar-refractivity contribution in [1.82, 2.24) is 10.3 Å². The van der Waals surface area contributed by atoms with Crippen LogP contribution in [0.15, 0.2) is 23.6 Å². The number of nitrogens with zero attached hydrogens (tertiary/aromatic N) is 1. The van der Waals surface area contributed by atoms with Gasteiger partial charge >= 0.3 is 11.9 Å². The quantitative estimate of drug-likeness (QED) is 0.561. The molecular weight excluding hydrogens is 376 g/mol. The van der Waals surface area contributed by atoms with Crippen LogP contribution in [0, 0.1) is 19.8 Å². The fourth-order valence-electron chi connectivity index (χ4n) is 3.25. The molecule has 0 aliphatic heterocycles. The van der Waals surface area contributed by atoms with Gasteiger partial charge in [-0.05, 0) is 31.7 Å². The van der Waals surface area contributed by atoms with Crippen LogP contribution in [0.5, 0.6) is 0 Å². The largest absolute Gasteiger partial charge is 0.480 e. The first-order valence-corrected chi connectivity index (χ1v) is 10.2. The number of rotatable bonds is 10. The maximum absolute atomic E-state index is 11.6. The van der Waals surface area contributed by atoms with Crippen LogP contribution >= 0.6 is 11.3 Å². The van der Waals surface area contributed by atoms with Crippen LogP contribution in [0.4, 0.5) is 0 Å². The Labute approximate surface area is 169 Å². The Kier molecular flexibility index (Phi) is 7.71. The molecule has 2 atom stereocenters. The maximum atomic E-state index is 11.6. The fraction of sp³-hybridized carbons (Fsp3) is 0.476. The third-order valence-electron chi connectivity index (χ3n) is 4.36. The van der Waals surface area contributed by atoms with Crippen molar-refractivity contribution >= 4 is 23.3 Å². The molecule has 28 heavy (non-hydrogen) atoms. The number of hydrogen-bond donors (Lipinski definition) is 3. The average Bonchev–Trinajstić information content (AvgIpc) is 2.98. The second-order valence-electron chi connectivity index (χ2n) is 7.69. The maximum Gasteiger partial charge on any atom is 0.321 e. The monoisotopic (exact) mass is 404 g/mol. The summed E-state index contributed by atoms with van der Waals surface area (Å²) < 4.78 is 0. The molecule has 0 radical (unpaired) electrons. The van der Waals surface area contributed by atoms with Gasteiger partial charge in [0.2, 0.25) is 0 Å². The normalized spacial score (nSPS) is 13.5. The van der Waals surface area contributed by atoms with Gasteiger partial charge in [-0.15, -0.1) is 11.3 Å². The Hall–Kier alpha value is -2.25. The van der Waals surface area contributed by atoms with Gasteiger partial charge in [-0.25, -0.2) is 4.98 Å². The Morgan fingerprint density at radius 3 is 2.21 bits per heavy atom. The summed E-state index contributed by atoms with van der Waals surface area (Å²) in [5.74, 6) is -1.96. The lowest BCUT2D eigenvalue weighted by Gasteiger charge is -2.21. The van der Waals surface area contributed by atoms with Crippen LogP contribution in [0.3, 0.4) is 0 Å². The highest BCUT2D eigenvalue weighted by Crippen LogP contribution is 2.18. The van der Waals surface area contributed by atoms with Crippen LogP contribution in [-0.2, 0) is 22.4 Å². The number of thiazole rings is 1. The standard InChI is InChI=1S/C21H28N2O4S/c1-12(2)5-17(20(24)25)23-18(21(26)27)10-16-11-28-19(22-16)9-15-7-13(3)6-14(4)8-15/h6-8,11-12,17-18,23H,5,9-10H2,1-4H3,(H,24,25)(H,26,27). The van der Waals surface area contributed by atoms with E-state index in [4.69, 9.17) is 0 Å². The summed E-state index contributed by atoms with van der Waals surface area (Å²) in [6, 6.07) is 4.49. The molecule has 7 heteroatoms. The number of aromatic nitrogens is 1. The van der Waals surface area contributed by atoms with Gasteiger partial charge in [-0.1, -0.05) is 43.2 Å². The van der Waals surface area contributed by atoms with Gasteiger partial charge in [0, 0.05) is 18.2 Å². The van der Waals surface area contributed by atoms with Crippen molar-refractivity contribution in [1.29, 1.82) is 0 Å². The second-order valence-corrected chi connectivity index (χ2v) is 8.63. The third-order valence-corrected chi connectivity index (χ3v) is 5.25. The number of hydrogen-bond acceptors (Lipinski definition) is 5. The van der Waals surface area contributed by atoms with Crippen molar-refractivity contribution in [3.05, 3.63) is 51.0 Å². The van der Waals surface area contributed by atoms with E-state index < -0.39 is 24.0 Å². The molecule has 2 aromatic rings. The molecule has 0 bridgehead atoms. The summed E-state index contributed by atoms with van der Waals surface area (Å²) in [6.45, 7) is 7.94. The van der Waals surface area contributed by atoms with E-state index in [1.807, 2.05) is 19.2 Å². The van der Waals surface area contributed by atoms with E-state index >= 15 is 0 Å². The fourth-order valence-corrected chi connectivity index (χ4v) is 4.09. The number of carboxylic acid groups (broad SMARTS) is 2. The Balaban J connectivity index is 2.07. The molecule has 1 heterocycles. The lowest BCUT2D eigenvalue weighted by atomic mass is 10.0. The van der Waals surface area contributed by atoms with E-state index in [0.29, 0.717) is 18.5 Å². The molecule has 1 aromatic carbocycles. The number of aryl methyl sites for hydroxylation is 2. The molecule has 0 saturated carbocycles. The second kappa shape index (κ2) is 9.80. The van der Waals surface area contributed by atoms with Gasteiger partial charge in [0.05, 0.1) is 10.7 Å². The van der Waals surface area contributed by atoms with E-state index in [1.165, 1.54) is 28.0 Å². The zero-order chi connectivity index (χ0) is 20.8. The summed E-state index contributed by atoms with van der Waals surface area (Å²) in [5, 5.41) is 24.4. The number of aliphatic carboxylic acids is 2. The first kappa shape index (κ1) is 22.0. The predicted molar refractivity (Wildman–Crippen MR) is 110 cm³/mol. The zero-order valence-electron chi connectivity index (χ0n) is 16.7. The molecule has 0 spiro atoms. The van der Waals surface area contributed by atoms with Crippen molar-refractivity contribution in [2.24, 2.45) is 5.92 Å². The van der Waals surface area contributed by atoms with Gasteiger partial charge in [0.25, 0.3) is 0 Å². The molecule has 3 N–H and O–H groups in total. The summed E-state index contributed by atoms with van der Waals surface area (Å²) >= 11 is 1.50. The Morgan fingerprint density at radius 1 is 1.07 bits per heavy atom. The van der Waals surface area contributed by atoms with E-state index in [2.05, 4.69) is 42.3 Å². The van der Waals surface area contributed by atoms with Crippen LogP contribution < -0.4 is 5.32 Å². The third kappa shape index (κ3) is 6.73. The first-order chi connectivity index (χ1) is 13.1. The van der Waals surface area contributed by atoms with Crippen molar-refractivity contribution in [3.8, 4) is 0 Å². The summed E-state index contributed by atoms with van der Waals surface area (Å²) in [5.41, 5.74) is 4.24. The average molecular weight is 405 g/mol. The molecular formula is C21H28N2O4S. The molecule has 6 nitrogen and oxygen atoms in total. The highest BCUT2D eigenvalue weighted by Gasteiger charge is 2.27. The van der Waals surface area contributed by atoms with Crippen LogP contribution in [0.25, 0.3) is 0 Å².